The number of carbonyl (C=O) groups is 1. The lowest BCUT2D eigenvalue weighted by molar-refractivity contribution is -0.128. The van der Waals surface area contributed by atoms with Gasteiger partial charge in [0.2, 0.25) is 0 Å². The molecule has 0 fully saturated rings. The van der Waals surface area contributed by atoms with E-state index in [0.29, 0.717) is 13.1 Å². The summed E-state index contributed by atoms with van der Waals surface area (Å²) in [5.41, 5.74) is 0. The van der Waals surface area contributed by atoms with Crippen LogP contribution >= 0.6 is 0 Å². The Morgan fingerprint density at radius 1 is 1.54 bits per heavy atom. The van der Waals surface area contributed by atoms with Crippen LogP contribution in [0.25, 0.3) is 0 Å². The number of nitrogens with zero attached hydrogens (tertiary/aromatic N) is 2. The maximum absolute atomic E-state index is 9.18. The minimum Gasteiger partial charge on any atom is -0.468 e. The van der Waals surface area contributed by atoms with Crippen LogP contribution in [0.2, 0.25) is 0 Å². The van der Waals surface area contributed by atoms with Crippen LogP contribution in [0.15, 0.2) is 18.7 Å². The molecule has 76 valence electrons. The largest absolute Gasteiger partial charge is 0.468 e. The molecule has 0 unspecified atom stereocenters. The summed E-state index contributed by atoms with van der Waals surface area (Å²) in [5.74, 6) is 0. The molecule has 13 heavy (non-hydrogen) atoms. The summed E-state index contributed by atoms with van der Waals surface area (Å²) < 4.78 is 6.04. The first kappa shape index (κ1) is 14.2. The summed E-state index contributed by atoms with van der Waals surface area (Å²) in [6, 6.07) is 0. The van der Waals surface area contributed by atoms with E-state index >= 15 is 0 Å². The van der Waals surface area contributed by atoms with Crippen LogP contribution in [-0.4, -0.2) is 22.6 Å². The molecular formula is C9H18N2O2. The highest BCUT2D eigenvalue weighted by Gasteiger charge is 1.69. The summed E-state index contributed by atoms with van der Waals surface area (Å²) in [4.78, 5) is 13.0. The van der Waals surface area contributed by atoms with Gasteiger partial charge in [0.1, 0.15) is 0 Å². The average molecular weight is 186 g/mol. The number of hydrogen-bond acceptors (Lipinski definition) is 3. The van der Waals surface area contributed by atoms with Crippen LogP contribution in [0.5, 0.6) is 0 Å². The molecule has 0 bridgehead atoms. The molecule has 0 atom stereocenters. The number of aromatic nitrogens is 2. The standard InChI is InChI=1S/C4H6N2.C3H6O2.C2H6/c1-6-3-2-5-4-6;1-2-5-3-4;1-2/h2-4H,1H3;3H,2H2,1H3;1-2H3. The fourth-order valence-electron chi connectivity index (χ4n) is 0.394. The molecule has 0 spiro atoms. The molecule has 4 nitrogen and oxygen atoms in total. The van der Waals surface area contributed by atoms with E-state index in [1.165, 1.54) is 0 Å². The number of rotatable bonds is 2. The van der Waals surface area contributed by atoms with E-state index in [0.717, 1.165) is 0 Å². The number of aryl methyl sites for hydroxylation is 1. The van der Waals surface area contributed by atoms with Crippen molar-refractivity contribution in [1.82, 2.24) is 9.55 Å². The van der Waals surface area contributed by atoms with E-state index in [-0.39, 0.29) is 0 Å². The molecule has 1 rings (SSSR count). The zero-order valence-electron chi connectivity index (χ0n) is 8.73. The third kappa shape index (κ3) is 13.6. The first-order chi connectivity index (χ1) is 6.31. The second kappa shape index (κ2) is 13.3. The number of ether oxygens (including phenoxy) is 1. The molecule has 0 amide bonds. The van der Waals surface area contributed by atoms with Gasteiger partial charge in [0.05, 0.1) is 12.9 Å². The molecule has 1 aromatic heterocycles. The molecule has 0 saturated carbocycles. The molecule has 0 N–H and O–H groups in total. The van der Waals surface area contributed by atoms with E-state index in [1.807, 2.05) is 31.7 Å². The molecule has 0 radical (unpaired) electrons. The van der Waals surface area contributed by atoms with Gasteiger partial charge in [0.15, 0.2) is 0 Å². The second-order valence-corrected chi connectivity index (χ2v) is 1.78. The Balaban J connectivity index is 0. The minimum atomic E-state index is 0.431. The maximum atomic E-state index is 9.18. The number of imidazole rings is 1. The van der Waals surface area contributed by atoms with Crippen molar-refractivity contribution in [2.75, 3.05) is 6.61 Å². The second-order valence-electron chi connectivity index (χ2n) is 1.78. The maximum Gasteiger partial charge on any atom is 0.293 e. The van der Waals surface area contributed by atoms with Crippen molar-refractivity contribution in [3.8, 4) is 0 Å². The van der Waals surface area contributed by atoms with E-state index in [9.17, 15) is 4.79 Å². The van der Waals surface area contributed by atoms with E-state index in [2.05, 4.69) is 9.72 Å². The van der Waals surface area contributed by atoms with Crippen molar-refractivity contribution in [2.45, 2.75) is 20.8 Å². The Morgan fingerprint density at radius 2 is 2.15 bits per heavy atom. The predicted octanol–water partition coefficient (Wildman–Crippen LogP) is 1.63. The van der Waals surface area contributed by atoms with Crippen LogP contribution in [0.4, 0.5) is 0 Å². The highest BCUT2D eigenvalue weighted by atomic mass is 16.5. The van der Waals surface area contributed by atoms with Gasteiger partial charge in [0, 0.05) is 19.4 Å². The molecule has 0 aliphatic carbocycles. The summed E-state index contributed by atoms with van der Waals surface area (Å²) in [6.45, 7) is 6.66. The fraction of sp³-hybridized carbons (Fsp3) is 0.556. The van der Waals surface area contributed by atoms with Gasteiger partial charge in [-0.1, -0.05) is 13.8 Å². The summed E-state index contributed by atoms with van der Waals surface area (Å²) in [5, 5.41) is 0. The Morgan fingerprint density at radius 3 is 2.23 bits per heavy atom. The van der Waals surface area contributed by atoms with Crippen molar-refractivity contribution in [3.05, 3.63) is 18.7 Å². The monoisotopic (exact) mass is 186 g/mol. The van der Waals surface area contributed by atoms with Crippen LogP contribution in [-0.2, 0) is 16.6 Å². The molecule has 0 aliphatic heterocycles. The summed E-state index contributed by atoms with van der Waals surface area (Å²) in [6.07, 6.45) is 5.39. The number of carbonyl (C=O) groups excluding carboxylic acids is 1. The van der Waals surface area contributed by atoms with Gasteiger partial charge in [-0.2, -0.15) is 0 Å². The molecular weight excluding hydrogens is 168 g/mol. The van der Waals surface area contributed by atoms with Gasteiger partial charge in [-0.3, -0.25) is 4.79 Å². The Bertz CT molecular complexity index is 174. The van der Waals surface area contributed by atoms with Crippen LogP contribution in [0.3, 0.4) is 0 Å². The van der Waals surface area contributed by atoms with Gasteiger partial charge in [-0.15, -0.1) is 0 Å². The normalized spacial score (nSPS) is 7.08. The molecule has 1 aromatic rings. The lowest BCUT2D eigenvalue weighted by Gasteiger charge is -1.79. The SMILES string of the molecule is CC.CCOC=O.Cn1ccnc1. The van der Waals surface area contributed by atoms with Gasteiger partial charge in [0.25, 0.3) is 6.47 Å². The Hall–Kier alpha value is -1.32. The van der Waals surface area contributed by atoms with Gasteiger partial charge >= 0.3 is 0 Å². The third-order valence-corrected chi connectivity index (χ3v) is 0.871. The lowest BCUT2D eigenvalue weighted by Crippen LogP contribution is -1.80. The van der Waals surface area contributed by atoms with Crippen LogP contribution < -0.4 is 0 Å². The van der Waals surface area contributed by atoms with Crippen molar-refractivity contribution in [2.24, 2.45) is 7.05 Å². The third-order valence-electron chi connectivity index (χ3n) is 0.871. The first-order valence-electron chi connectivity index (χ1n) is 4.28. The van der Waals surface area contributed by atoms with Gasteiger partial charge < -0.3 is 9.30 Å². The van der Waals surface area contributed by atoms with Crippen molar-refractivity contribution in [3.63, 3.8) is 0 Å². The number of hydrogen-bond donors (Lipinski definition) is 0. The fourth-order valence-corrected chi connectivity index (χ4v) is 0.394. The average Bonchev–Trinajstić information content (AvgIpc) is 2.62. The van der Waals surface area contributed by atoms with Crippen LogP contribution in [0, 0.1) is 0 Å². The first-order valence-corrected chi connectivity index (χ1v) is 4.28. The minimum absolute atomic E-state index is 0.431. The zero-order chi connectivity index (χ0) is 10.5. The lowest BCUT2D eigenvalue weighted by atomic mass is 10.9. The predicted molar refractivity (Wildman–Crippen MR) is 52.2 cm³/mol. The highest BCUT2D eigenvalue weighted by Crippen LogP contribution is 1.73. The molecule has 0 aliphatic rings. The molecule has 0 aromatic carbocycles. The molecule has 1 heterocycles. The summed E-state index contributed by atoms with van der Waals surface area (Å²) >= 11 is 0. The van der Waals surface area contributed by atoms with Gasteiger partial charge in [-0.25, -0.2) is 4.98 Å². The quantitative estimate of drug-likeness (QED) is 0.659. The zero-order valence-corrected chi connectivity index (χ0v) is 8.73. The smallest absolute Gasteiger partial charge is 0.293 e. The topological polar surface area (TPSA) is 44.1 Å². The van der Waals surface area contributed by atoms with Crippen LogP contribution in [0.1, 0.15) is 20.8 Å². The van der Waals surface area contributed by atoms with Crippen molar-refractivity contribution >= 4 is 6.47 Å². The Kier molecular flexibility index (Phi) is 14.5. The van der Waals surface area contributed by atoms with E-state index in [4.69, 9.17) is 0 Å². The highest BCUT2D eigenvalue weighted by molar-refractivity contribution is 5.36. The molecule has 4 heteroatoms. The van der Waals surface area contributed by atoms with Gasteiger partial charge in [-0.05, 0) is 6.92 Å². The Labute approximate surface area is 79.5 Å². The van der Waals surface area contributed by atoms with E-state index in [1.54, 1.807) is 19.4 Å². The van der Waals surface area contributed by atoms with Crippen molar-refractivity contribution in [1.29, 1.82) is 0 Å². The van der Waals surface area contributed by atoms with Crippen molar-refractivity contribution < 1.29 is 9.53 Å². The molecule has 0 saturated heterocycles. The van der Waals surface area contributed by atoms with E-state index < -0.39 is 0 Å². The summed E-state index contributed by atoms with van der Waals surface area (Å²) in [7, 11) is 1.94.